The van der Waals surface area contributed by atoms with E-state index in [2.05, 4.69) is 39.8 Å². The van der Waals surface area contributed by atoms with Crippen molar-refractivity contribution in [3.63, 3.8) is 0 Å². The third kappa shape index (κ3) is 4.16. The molecule has 0 spiro atoms. The number of thioether (sulfide) groups is 1. The van der Waals surface area contributed by atoms with Crippen molar-refractivity contribution in [1.29, 1.82) is 0 Å². The first-order chi connectivity index (χ1) is 8.45. The fourth-order valence-corrected chi connectivity index (χ4v) is 2.90. The van der Waals surface area contributed by atoms with Gasteiger partial charge in [-0.1, -0.05) is 52.0 Å². The Kier molecular flexibility index (Phi) is 5.94. The van der Waals surface area contributed by atoms with E-state index in [9.17, 15) is 4.79 Å². The number of Topliss-reactive ketones (excluding diaryl/α,β-unsaturated/α-hetero) is 1. The van der Waals surface area contributed by atoms with Crippen molar-refractivity contribution in [3.8, 4) is 0 Å². The zero-order chi connectivity index (χ0) is 13.7. The highest BCUT2D eigenvalue weighted by molar-refractivity contribution is 8.01. The molecule has 1 nitrogen and oxygen atoms in total. The van der Waals surface area contributed by atoms with Crippen molar-refractivity contribution < 1.29 is 4.79 Å². The van der Waals surface area contributed by atoms with E-state index in [4.69, 9.17) is 0 Å². The summed E-state index contributed by atoms with van der Waals surface area (Å²) in [6, 6.07) is 8.02. The van der Waals surface area contributed by atoms with Crippen LogP contribution in [0.3, 0.4) is 0 Å². The van der Waals surface area contributed by atoms with E-state index in [1.165, 1.54) is 5.56 Å². The summed E-state index contributed by atoms with van der Waals surface area (Å²) in [4.78, 5) is 12.3. The first-order valence-electron chi connectivity index (χ1n) is 6.74. The van der Waals surface area contributed by atoms with Crippen LogP contribution >= 0.6 is 11.8 Å². The van der Waals surface area contributed by atoms with Gasteiger partial charge in [-0.3, -0.25) is 4.79 Å². The van der Waals surface area contributed by atoms with Crippen LogP contribution in [0.2, 0.25) is 0 Å². The highest BCUT2D eigenvalue weighted by Gasteiger charge is 2.19. The summed E-state index contributed by atoms with van der Waals surface area (Å²) in [6.07, 6.45) is 1.02. The second-order valence-corrected chi connectivity index (χ2v) is 6.87. The predicted molar refractivity (Wildman–Crippen MR) is 81.5 cm³/mol. The van der Waals surface area contributed by atoms with Crippen LogP contribution in [0.5, 0.6) is 0 Å². The number of hydrogen-bond acceptors (Lipinski definition) is 2. The van der Waals surface area contributed by atoms with Crippen molar-refractivity contribution in [2.75, 3.05) is 0 Å². The highest BCUT2D eigenvalue weighted by Crippen LogP contribution is 2.26. The Morgan fingerprint density at radius 3 is 2.11 bits per heavy atom. The summed E-state index contributed by atoms with van der Waals surface area (Å²) in [5, 5.41) is 0.550. The number of hydrogen-bond donors (Lipinski definition) is 0. The van der Waals surface area contributed by atoms with Gasteiger partial charge in [0, 0.05) is 10.8 Å². The van der Waals surface area contributed by atoms with Gasteiger partial charge in [0.1, 0.15) is 0 Å². The largest absolute Gasteiger partial charge is 0.293 e. The fourth-order valence-electron chi connectivity index (χ4n) is 1.68. The van der Waals surface area contributed by atoms with Crippen molar-refractivity contribution in [2.45, 2.75) is 51.5 Å². The van der Waals surface area contributed by atoms with E-state index in [1.54, 1.807) is 11.8 Å². The molecule has 0 aromatic heterocycles. The van der Waals surface area contributed by atoms with Crippen molar-refractivity contribution >= 4 is 17.5 Å². The standard InChI is InChI=1S/C16H24OS/c1-6-14-7-9-15(10-8-14)16(17)13(5)18-12(4)11(2)3/h7-13H,6H2,1-5H3. The van der Waals surface area contributed by atoms with E-state index in [1.807, 2.05) is 19.1 Å². The van der Waals surface area contributed by atoms with E-state index in [0.717, 1.165) is 12.0 Å². The third-order valence-electron chi connectivity index (χ3n) is 3.37. The summed E-state index contributed by atoms with van der Waals surface area (Å²) in [5.41, 5.74) is 2.12. The molecule has 0 saturated carbocycles. The number of rotatable bonds is 6. The Morgan fingerprint density at radius 1 is 1.11 bits per heavy atom. The molecule has 2 unspecified atom stereocenters. The molecule has 0 aliphatic heterocycles. The monoisotopic (exact) mass is 264 g/mol. The maximum atomic E-state index is 12.3. The van der Waals surface area contributed by atoms with E-state index >= 15 is 0 Å². The SMILES string of the molecule is CCc1ccc(C(=O)C(C)SC(C)C(C)C)cc1. The Bertz CT molecular complexity index is 381. The van der Waals surface area contributed by atoms with E-state index < -0.39 is 0 Å². The number of carbonyl (C=O) groups is 1. The molecule has 1 aromatic carbocycles. The van der Waals surface area contributed by atoms with Crippen molar-refractivity contribution in [2.24, 2.45) is 5.92 Å². The normalized spacial score (nSPS) is 14.6. The van der Waals surface area contributed by atoms with Crippen LogP contribution in [-0.2, 0) is 6.42 Å². The molecule has 0 N–H and O–H groups in total. The lowest BCUT2D eigenvalue weighted by Gasteiger charge is -2.19. The van der Waals surface area contributed by atoms with Crippen LogP contribution in [-0.4, -0.2) is 16.3 Å². The summed E-state index contributed by atoms with van der Waals surface area (Å²) in [7, 11) is 0. The average molecular weight is 264 g/mol. The summed E-state index contributed by atoms with van der Waals surface area (Å²) >= 11 is 1.77. The summed E-state index contributed by atoms with van der Waals surface area (Å²) in [6.45, 7) is 10.7. The molecule has 0 amide bonds. The second-order valence-electron chi connectivity index (χ2n) is 5.14. The lowest BCUT2D eigenvalue weighted by Crippen LogP contribution is -2.19. The van der Waals surface area contributed by atoms with Crippen molar-refractivity contribution in [1.82, 2.24) is 0 Å². The first-order valence-corrected chi connectivity index (χ1v) is 7.68. The Labute approximate surface area is 115 Å². The molecule has 2 atom stereocenters. The zero-order valence-electron chi connectivity index (χ0n) is 12.1. The van der Waals surface area contributed by atoms with E-state index in [0.29, 0.717) is 11.2 Å². The lowest BCUT2D eigenvalue weighted by molar-refractivity contribution is 0.0993. The predicted octanol–water partition coefficient (Wildman–Crippen LogP) is 4.60. The van der Waals surface area contributed by atoms with Gasteiger partial charge in [0.2, 0.25) is 0 Å². The maximum absolute atomic E-state index is 12.3. The average Bonchev–Trinajstić information content (AvgIpc) is 2.37. The molecule has 2 heteroatoms. The molecule has 0 bridgehead atoms. The molecule has 0 radical (unpaired) electrons. The van der Waals surface area contributed by atoms with Gasteiger partial charge in [-0.05, 0) is 24.8 Å². The zero-order valence-corrected chi connectivity index (χ0v) is 12.9. The van der Waals surface area contributed by atoms with Crippen molar-refractivity contribution in [3.05, 3.63) is 35.4 Å². The minimum absolute atomic E-state index is 0.0369. The van der Waals surface area contributed by atoms with Gasteiger partial charge in [-0.15, -0.1) is 11.8 Å². The van der Waals surface area contributed by atoms with Crippen LogP contribution in [0.4, 0.5) is 0 Å². The van der Waals surface area contributed by atoms with Crippen LogP contribution < -0.4 is 0 Å². The number of aryl methyl sites for hydroxylation is 1. The lowest BCUT2D eigenvalue weighted by atomic mass is 10.1. The first kappa shape index (κ1) is 15.3. The van der Waals surface area contributed by atoms with Crippen LogP contribution in [0.1, 0.15) is 50.5 Å². The minimum atomic E-state index is 0.0369. The Morgan fingerprint density at radius 2 is 1.67 bits per heavy atom. The third-order valence-corrected chi connectivity index (χ3v) is 4.97. The molecule has 100 valence electrons. The van der Waals surface area contributed by atoms with Gasteiger partial charge in [0.05, 0.1) is 5.25 Å². The smallest absolute Gasteiger partial charge is 0.175 e. The van der Waals surface area contributed by atoms with Crippen LogP contribution in [0, 0.1) is 5.92 Å². The summed E-state index contributed by atoms with van der Waals surface area (Å²) in [5.74, 6) is 0.850. The fraction of sp³-hybridized carbons (Fsp3) is 0.562. The molecule has 0 heterocycles. The maximum Gasteiger partial charge on any atom is 0.175 e. The summed E-state index contributed by atoms with van der Waals surface area (Å²) < 4.78 is 0. The number of ketones is 1. The van der Waals surface area contributed by atoms with Gasteiger partial charge in [0.15, 0.2) is 5.78 Å². The van der Waals surface area contributed by atoms with Gasteiger partial charge in [-0.2, -0.15) is 0 Å². The molecule has 18 heavy (non-hydrogen) atoms. The Balaban J connectivity index is 2.67. The molecule has 0 fully saturated rings. The molecular formula is C16H24OS. The topological polar surface area (TPSA) is 17.1 Å². The van der Waals surface area contributed by atoms with Gasteiger partial charge < -0.3 is 0 Å². The minimum Gasteiger partial charge on any atom is -0.293 e. The van der Waals surface area contributed by atoms with E-state index in [-0.39, 0.29) is 11.0 Å². The van der Waals surface area contributed by atoms with Crippen LogP contribution in [0.15, 0.2) is 24.3 Å². The molecule has 1 rings (SSSR count). The molecule has 0 saturated heterocycles. The van der Waals surface area contributed by atoms with Crippen LogP contribution in [0.25, 0.3) is 0 Å². The Hall–Kier alpha value is -0.760. The van der Waals surface area contributed by atoms with Gasteiger partial charge in [0.25, 0.3) is 0 Å². The number of carbonyl (C=O) groups excluding carboxylic acids is 1. The number of benzene rings is 1. The molecular weight excluding hydrogens is 240 g/mol. The quantitative estimate of drug-likeness (QED) is 0.699. The van der Waals surface area contributed by atoms with Gasteiger partial charge in [-0.25, -0.2) is 0 Å². The molecule has 0 aliphatic carbocycles. The molecule has 1 aromatic rings. The molecule has 0 aliphatic rings. The second kappa shape index (κ2) is 6.98. The van der Waals surface area contributed by atoms with Gasteiger partial charge >= 0.3 is 0 Å². The highest BCUT2D eigenvalue weighted by atomic mass is 32.2.